The van der Waals surface area contributed by atoms with Crippen LogP contribution in [0.3, 0.4) is 0 Å². The minimum Gasteiger partial charge on any atom is -0.330 e. The van der Waals surface area contributed by atoms with Gasteiger partial charge < -0.3 is 5.73 Å². The molecule has 0 unspecified atom stereocenters. The van der Waals surface area contributed by atoms with E-state index in [-0.39, 0.29) is 5.82 Å². The largest absolute Gasteiger partial charge is 0.330 e. The van der Waals surface area contributed by atoms with E-state index in [2.05, 4.69) is 15.5 Å². The first-order chi connectivity index (χ1) is 10.3. The molecule has 1 aliphatic carbocycles. The third-order valence-corrected chi connectivity index (χ3v) is 4.63. The molecule has 0 aliphatic heterocycles. The highest BCUT2D eigenvalue weighted by Crippen LogP contribution is 2.34. The van der Waals surface area contributed by atoms with Gasteiger partial charge in [-0.15, -0.1) is 5.10 Å². The van der Waals surface area contributed by atoms with Gasteiger partial charge in [-0.1, -0.05) is 12.8 Å². The third kappa shape index (κ3) is 3.41. The lowest BCUT2D eigenvalue weighted by molar-refractivity contribution is 0.423. The molecule has 1 aromatic carbocycles. The zero-order chi connectivity index (χ0) is 14.7. The van der Waals surface area contributed by atoms with Crippen molar-refractivity contribution < 1.29 is 4.39 Å². The summed E-state index contributed by atoms with van der Waals surface area (Å²) in [4.78, 5) is 0.812. The molecule has 2 N–H and O–H groups in total. The molecule has 1 heterocycles. The predicted molar refractivity (Wildman–Crippen MR) is 78.6 cm³/mol. The number of halogens is 1. The van der Waals surface area contributed by atoms with E-state index in [0.717, 1.165) is 28.5 Å². The van der Waals surface area contributed by atoms with Crippen LogP contribution in [0, 0.1) is 5.82 Å². The molecule has 1 aromatic heterocycles. The van der Waals surface area contributed by atoms with E-state index >= 15 is 0 Å². The van der Waals surface area contributed by atoms with Crippen LogP contribution in [0.5, 0.6) is 0 Å². The average molecular weight is 307 g/mol. The van der Waals surface area contributed by atoms with E-state index in [1.165, 1.54) is 36.7 Å². The highest BCUT2D eigenvalue weighted by atomic mass is 32.2. The van der Waals surface area contributed by atoms with E-state index in [1.807, 2.05) is 10.7 Å². The molecule has 0 bridgehead atoms. The van der Waals surface area contributed by atoms with Gasteiger partial charge in [-0.2, -0.15) is 0 Å². The topological polar surface area (TPSA) is 69.6 Å². The van der Waals surface area contributed by atoms with Crippen molar-refractivity contribution in [3.63, 3.8) is 0 Å². The van der Waals surface area contributed by atoms with Crippen LogP contribution in [0.2, 0.25) is 0 Å². The van der Waals surface area contributed by atoms with Gasteiger partial charge in [-0.3, -0.25) is 0 Å². The van der Waals surface area contributed by atoms with Crippen molar-refractivity contribution in [2.75, 3.05) is 6.54 Å². The zero-order valence-corrected chi connectivity index (χ0v) is 12.5. The number of tetrazole rings is 1. The Balaban J connectivity index is 1.82. The second kappa shape index (κ2) is 6.53. The zero-order valence-electron chi connectivity index (χ0n) is 11.7. The maximum absolute atomic E-state index is 13.7. The van der Waals surface area contributed by atoms with Crippen molar-refractivity contribution in [2.24, 2.45) is 5.73 Å². The molecule has 2 aromatic rings. The van der Waals surface area contributed by atoms with Crippen LogP contribution in [-0.4, -0.2) is 26.8 Å². The number of benzene rings is 1. The molecule has 5 nitrogen and oxygen atoms in total. The van der Waals surface area contributed by atoms with Gasteiger partial charge in [-0.25, -0.2) is 9.07 Å². The first-order valence-corrected chi connectivity index (χ1v) is 8.03. The van der Waals surface area contributed by atoms with Crippen molar-refractivity contribution in [1.29, 1.82) is 0 Å². The number of nitrogens with zero attached hydrogens (tertiary/aromatic N) is 4. The molecular weight excluding hydrogens is 289 g/mol. The van der Waals surface area contributed by atoms with Gasteiger partial charge in [0.2, 0.25) is 5.16 Å². The Kier molecular flexibility index (Phi) is 4.50. The van der Waals surface area contributed by atoms with E-state index in [9.17, 15) is 4.39 Å². The normalized spacial score (nSPS) is 15.7. The number of hydrogen-bond acceptors (Lipinski definition) is 5. The summed E-state index contributed by atoms with van der Waals surface area (Å²) < 4.78 is 15.5. The van der Waals surface area contributed by atoms with Crippen LogP contribution in [0.25, 0.3) is 0 Å². The summed E-state index contributed by atoms with van der Waals surface area (Å²) in [5.74, 6) is -0.247. The highest BCUT2D eigenvalue weighted by Gasteiger charge is 2.22. The maximum Gasteiger partial charge on any atom is 0.214 e. The molecule has 1 fully saturated rings. The van der Waals surface area contributed by atoms with Crippen LogP contribution in [0.15, 0.2) is 28.3 Å². The maximum atomic E-state index is 13.7. The van der Waals surface area contributed by atoms with Gasteiger partial charge in [-0.05, 0) is 71.8 Å². The Morgan fingerprint density at radius 3 is 2.86 bits per heavy atom. The lowest BCUT2D eigenvalue weighted by Crippen LogP contribution is -2.08. The van der Waals surface area contributed by atoms with Gasteiger partial charge in [0, 0.05) is 4.90 Å². The van der Waals surface area contributed by atoms with Gasteiger partial charge in [0.05, 0.1) is 6.04 Å². The van der Waals surface area contributed by atoms with E-state index in [0.29, 0.717) is 19.0 Å². The summed E-state index contributed by atoms with van der Waals surface area (Å²) in [6.07, 6.45) is 5.32. The first-order valence-electron chi connectivity index (χ1n) is 7.21. The molecule has 0 amide bonds. The Morgan fingerprint density at radius 1 is 1.29 bits per heavy atom. The number of hydrogen-bond donors (Lipinski definition) is 1. The molecular formula is C14H18FN5S. The summed E-state index contributed by atoms with van der Waals surface area (Å²) in [6, 6.07) is 5.36. The highest BCUT2D eigenvalue weighted by molar-refractivity contribution is 7.99. The SMILES string of the molecule is NCCc1cc(F)cc(Sc2nnnn2C2CCCC2)c1. The van der Waals surface area contributed by atoms with Crippen LogP contribution in [-0.2, 0) is 6.42 Å². The lowest BCUT2D eigenvalue weighted by atomic mass is 10.1. The quantitative estimate of drug-likeness (QED) is 0.919. The average Bonchev–Trinajstić information content (AvgIpc) is 3.08. The van der Waals surface area contributed by atoms with Gasteiger partial charge in [0.1, 0.15) is 5.82 Å². The number of rotatable bonds is 5. The van der Waals surface area contributed by atoms with Crippen LogP contribution < -0.4 is 5.73 Å². The second-order valence-corrected chi connectivity index (χ2v) is 6.32. The van der Waals surface area contributed by atoms with Gasteiger partial charge in [0.15, 0.2) is 0 Å². The van der Waals surface area contributed by atoms with Crippen molar-refractivity contribution >= 4 is 11.8 Å². The monoisotopic (exact) mass is 307 g/mol. The Bertz CT molecular complexity index is 609. The minimum absolute atomic E-state index is 0.247. The Hall–Kier alpha value is -1.47. The molecule has 0 atom stereocenters. The molecule has 0 spiro atoms. The summed E-state index contributed by atoms with van der Waals surface area (Å²) in [6.45, 7) is 0.507. The van der Waals surface area contributed by atoms with Crippen LogP contribution >= 0.6 is 11.8 Å². The fourth-order valence-corrected chi connectivity index (χ4v) is 3.68. The minimum atomic E-state index is -0.247. The molecule has 0 radical (unpaired) electrons. The fourth-order valence-electron chi connectivity index (χ4n) is 2.73. The molecule has 1 aliphatic rings. The summed E-state index contributed by atoms with van der Waals surface area (Å²) in [7, 11) is 0. The number of aromatic nitrogens is 4. The molecule has 112 valence electrons. The molecule has 0 saturated heterocycles. The third-order valence-electron chi connectivity index (χ3n) is 3.71. The number of nitrogens with two attached hydrogens (primary N) is 1. The fraction of sp³-hybridized carbons (Fsp3) is 0.500. The van der Waals surface area contributed by atoms with E-state index < -0.39 is 0 Å². The predicted octanol–water partition coefficient (Wildman–Crippen LogP) is 2.58. The Morgan fingerprint density at radius 2 is 2.10 bits per heavy atom. The Labute approximate surface area is 127 Å². The summed E-state index contributed by atoms with van der Waals surface area (Å²) in [5.41, 5.74) is 6.44. The van der Waals surface area contributed by atoms with Crippen LogP contribution in [0.4, 0.5) is 4.39 Å². The summed E-state index contributed by atoms with van der Waals surface area (Å²) >= 11 is 1.41. The van der Waals surface area contributed by atoms with Crippen molar-refractivity contribution in [3.8, 4) is 0 Å². The molecule has 3 rings (SSSR count). The van der Waals surface area contributed by atoms with Crippen molar-refractivity contribution in [3.05, 3.63) is 29.6 Å². The lowest BCUT2D eigenvalue weighted by Gasteiger charge is -2.11. The standard InChI is InChI=1S/C14H18FN5S/c15-11-7-10(5-6-16)8-13(9-11)21-14-17-18-19-20(14)12-3-1-2-4-12/h7-9,12H,1-6,16H2. The first kappa shape index (κ1) is 14.5. The van der Waals surface area contributed by atoms with Crippen molar-refractivity contribution in [2.45, 2.75) is 48.2 Å². The smallest absolute Gasteiger partial charge is 0.214 e. The molecule has 1 saturated carbocycles. The van der Waals surface area contributed by atoms with Crippen LogP contribution in [0.1, 0.15) is 37.3 Å². The van der Waals surface area contributed by atoms with Crippen molar-refractivity contribution in [1.82, 2.24) is 20.2 Å². The van der Waals surface area contributed by atoms with Gasteiger partial charge >= 0.3 is 0 Å². The molecule has 21 heavy (non-hydrogen) atoms. The summed E-state index contributed by atoms with van der Waals surface area (Å²) in [5, 5.41) is 12.7. The molecule has 7 heteroatoms. The van der Waals surface area contributed by atoms with E-state index in [4.69, 9.17) is 5.73 Å². The van der Waals surface area contributed by atoms with Gasteiger partial charge in [0.25, 0.3) is 0 Å². The second-order valence-electron chi connectivity index (χ2n) is 5.28. The van der Waals surface area contributed by atoms with E-state index in [1.54, 1.807) is 0 Å².